The third-order valence-electron chi connectivity index (χ3n) is 4.33. The van der Waals surface area contributed by atoms with E-state index in [1.807, 2.05) is 45.0 Å². The highest BCUT2D eigenvalue weighted by Crippen LogP contribution is 2.18. The number of hydrogen-bond donors (Lipinski definition) is 2. The van der Waals surface area contributed by atoms with Gasteiger partial charge in [-0.2, -0.15) is 0 Å². The molecular formula is C20H22N2O3S. The SMILES string of the molecule is Cc1ccc(CS(=O)(=O)NCc2cc3cc(C)cc(C)c3[nH]c2=O)cc1. The maximum absolute atomic E-state index is 12.3. The van der Waals surface area contributed by atoms with Crippen LogP contribution in [0.25, 0.3) is 10.9 Å². The van der Waals surface area contributed by atoms with Gasteiger partial charge in [0.2, 0.25) is 10.0 Å². The molecule has 2 N–H and O–H groups in total. The fourth-order valence-corrected chi connectivity index (χ4v) is 4.11. The monoisotopic (exact) mass is 370 g/mol. The predicted octanol–water partition coefficient (Wildman–Crippen LogP) is 3.07. The summed E-state index contributed by atoms with van der Waals surface area (Å²) in [5, 5.41) is 0.898. The Kier molecular flexibility index (Phi) is 4.98. The molecule has 0 bridgehead atoms. The second-order valence-corrected chi connectivity index (χ2v) is 8.54. The Labute approximate surface area is 153 Å². The van der Waals surface area contributed by atoms with Crippen LogP contribution in [0.4, 0.5) is 0 Å². The van der Waals surface area contributed by atoms with Crippen LogP contribution < -0.4 is 10.3 Å². The van der Waals surface area contributed by atoms with Crippen molar-refractivity contribution in [3.63, 3.8) is 0 Å². The van der Waals surface area contributed by atoms with Crippen LogP contribution in [-0.4, -0.2) is 13.4 Å². The van der Waals surface area contributed by atoms with Gasteiger partial charge in [0, 0.05) is 12.1 Å². The Morgan fingerprint density at radius 3 is 2.35 bits per heavy atom. The van der Waals surface area contributed by atoms with Gasteiger partial charge in [0.25, 0.3) is 5.56 Å². The number of nitrogens with one attached hydrogen (secondary N) is 2. The molecule has 0 unspecified atom stereocenters. The number of pyridine rings is 1. The van der Waals surface area contributed by atoms with Gasteiger partial charge in [0.05, 0.1) is 11.3 Å². The summed E-state index contributed by atoms with van der Waals surface area (Å²) in [5.41, 5.74) is 4.77. The molecule has 1 heterocycles. The third-order valence-corrected chi connectivity index (χ3v) is 5.63. The number of aromatic amines is 1. The van der Waals surface area contributed by atoms with Gasteiger partial charge in [-0.3, -0.25) is 4.79 Å². The van der Waals surface area contributed by atoms with Crippen LogP contribution in [0.5, 0.6) is 0 Å². The molecule has 26 heavy (non-hydrogen) atoms. The van der Waals surface area contributed by atoms with Gasteiger partial charge >= 0.3 is 0 Å². The van der Waals surface area contributed by atoms with Gasteiger partial charge in [-0.15, -0.1) is 0 Å². The molecule has 0 saturated heterocycles. The predicted molar refractivity (Wildman–Crippen MR) is 105 cm³/mol. The first kappa shape index (κ1) is 18.4. The number of benzene rings is 2. The largest absolute Gasteiger partial charge is 0.321 e. The summed E-state index contributed by atoms with van der Waals surface area (Å²) in [6.07, 6.45) is 0. The van der Waals surface area contributed by atoms with E-state index >= 15 is 0 Å². The first-order valence-corrected chi connectivity index (χ1v) is 10.0. The third kappa shape index (κ3) is 4.20. The van der Waals surface area contributed by atoms with Gasteiger partial charge in [-0.1, -0.05) is 41.5 Å². The van der Waals surface area contributed by atoms with Gasteiger partial charge < -0.3 is 4.98 Å². The molecule has 3 rings (SSSR count). The molecule has 5 nitrogen and oxygen atoms in total. The van der Waals surface area contributed by atoms with Crippen molar-refractivity contribution in [3.8, 4) is 0 Å². The van der Waals surface area contributed by atoms with Crippen molar-refractivity contribution in [1.29, 1.82) is 0 Å². The van der Waals surface area contributed by atoms with Gasteiger partial charge in [0.15, 0.2) is 0 Å². The molecule has 136 valence electrons. The molecule has 0 aliphatic carbocycles. The van der Waals surface area contributed by atoms with Crippen molar-refractivity contribution in [1.82, 2.24) is 9.71 Å². The maximum atomic E-state index is 12.3. The number of aryl methyl sites for hydroxylation is 3. The number of hydrogen-bond acceptors (Lipinski definition) is 3. The number of sulfonamides is 1. The van der Waals surface area contributed by atoms with E-state index in [-0.39, 0.29) is 17.9 Å². The lowest BCUT2D eigenvalue weighted by Gasteiger charge is -2.09. The van der Waals surface area contributed by atoms with E-state index in [0.29, 0.717) is 11.1 Å². The zero-order chi connectivity index (χ0) is 18.9. The quantitative estimate of drug-likeness (QED) is 0.724. The van der Waals surface area contributed by atoms with Gasteiger partial charge in [-0.25, -0.2) is 13.1 Å². The Morgan fingerprint density at radius 2 is 1.65 bits per heavy atom. The lowest BCUT2D eigenvalue weighted by Crippen LogP contribution is -2.28. The summed E-state index contributed by atoms with van der Waals surface area (Å²) >= 11 is 0. The van der Waals surface area contributed by atoms with Gasteiger partial charge in [0.1, 0.15) is 0 Å². The highest BCUT2D eigenvalue weighted by Gasteiger charge is 2.13. The first-order valence-electron chi connectivity index (χ1n) is 8.39. The second-order valence-electron chi connectivity index (χ2n) is 6.74. The van der Waals surface area contributed by atoms with E-state index in [2.05, 4.69) is 9.71 Å². The highest BCUT2D eigenvalue weighted by atomic mass is 32.2. The summed E-state index contributed by atoms with van der Waals surface area (Å²) in [5.74, 6) is -0.114. The molecule has 2 aromatic carbocycles. The normalized spacial score (nSPS) is 11.8. The number of aromatic nitrogens is 1. The summed E-state index contributed by atoms with van der Waals surface area (Å²) in [6, 6.07) is 13.1. The van der Waals surface area contributed by atoms with E-state index in [1.54, 1.807) is 18.2 Å². The molecule has 3 aromatic rings. The van der Waals surface area contributed by atoms with Crippen LogP contribution in [0.3, 0.4) is 0 Å². The van der Waals surface area contributed by atoms with Crippen LogP contribution in [0.2, 0.25) is 0 Å². The summed E-state index contributed by atoms with van der Waals surface area (Å²) in [7, 11) is -3.53. The van der Waals surface area contributed by atoms with Crippen molar-refractivity contribution < 1.29 is 8.42 Å². The lowest BCUT2D eigenvalue weighted by atomic mass is 10.1. The Bertz CT molecular complexity index is 1110. The van der Waals surface area contributed by atoms with Crippen LogP contribution in [0.15, 0.2) is 47.3 Å². The molecule has 0 fully saturated rings. The van der Waals surface area contributed by atoms with Crippen molar-refractivity contribution in [2.75, 3.05) is 0 Å². The average Bonchev–Trinajstić information content (AvgIpc) is 2.56. The smallest absolute Gasteiger partial charge is 0.252 e. The minimum atomic E-state index is -3.53. The fraction of sp³-hybridized carbons (Fsp3) is 0.250. The lowest BCUT2D eigenvalue weighted by molar-refractivity contribution is 0.580. The molecule has 0 spiro atoms. The molecule has 1 aromatic heterocycles. The zero-order valence-corrected chi connectivity index (χ0v) is 15.9. The van der Waals surface area contributed by atoms with E-state index < -0.39 is 10.0 Å². The minimum Gasteiger partial charge on any atom is -0.321 e. The second kappa shape index (κ2) is 7.05. The Balaban J connectivity index is 1.81. The standard InChI is InChI=1S/C20H22N2O3S/c1-13-4-6-16(7-5-13)12-26(24,25)21-11-18-10-17-9-14(2)8-15(3)19(17)22-20(18)23/h4-10,21H,11-12H2,1-3H3,(H,22,23). The first-order chi connectivity index (χ1) is 12.2. The average molecular weight is 370 g/mol. The number of rotatable bonds is 5. The zero-order valence-electron chi connectivity index (χ0n) is 15.1. The molecular weight excluding hydrogens is 348 g/mol. The van der Waals surface area contributed by atoms with Crippen molar-refractivity contribution in [3.05, 3.63) is 80.6 Å². The van der Waals surface area contributed by atoms with E-state index in [0.717, 1.165) is 27.6 Å². The number of fused-ring (bicyclic) bond motifs is 1. The summed E-state index contributed by atoms with van der Waals surface area (Å²) in [4.78, 5) is 15.1. The Hall–Kier alpha value is -2.44. The van der Waals surface area contributed by atoms with Crippen molar-refractivity contribution in [2.45, 2.75) is 33.1 Å². The molecule has 6 heteroatoms. The highest BCUT2D eigenvalue weighted by molar-refractivity contribution is 7.88. The van der Waals surface area contributed by atoms with Crippen LogP contribution in [0.1, 0.15) is 27.8 Å². The topological polar surface area (TPSA) is 79.0 Å². The van der Waals surface area contributed by atoms with Crippen molar-refractivity contribution in [2.24, 2.45) is 0 Å². The fourth-order valence-electron chi connectivity index (χ4n) is 3.01. The molecule has 0 atom stereocenters. The molecule has 0 aliphatic heterocycles. The van der Waals surface area contributed by atoms with Crippen LogP contribution in [-0.2, 0) is 22.3 Å². The van der Waals surface area contributed by atoms with E-state index in [1.165, 1.54) is 0 Å². The van der Waals surface area contributed by atoms with Crippen molar-refractivity contribution >= 4 is 20.9 Å². The van der Waals surface area contributed by atoms with Crippen LogP contribution in [0, 0.1) is 20.8 Å². The minimum absolute atomic E-state index is 0.0353. The number of H-pyrrole nitrogens is 1. The summed E-state index contributed by atoms with van der Waals surface area (Å²) < 4.78 is 27.2. The maximum Gasteiger partial charge on any atom is 0.252 e. The Morgan fingerprint density at radius 1 is 0.962 bits per heavy atom. The molecule has 0 aliphatic rings. The molecule has 0 saturated carbocycles. The summed E-state index contributed by atoms with van der Waals surface area (Å²) in [6.45, 7) is 5.84. The van der Waals surface area contributed by atoms with Crippen LogP contribution >= 0.6 is 0 Å². The molecule has 0 radical (unpaired) electrons. The molecule has 0 amide bonds. The van der Waals surface area contributed by atoms with E-state index in [4.69, 9.17) is 0 Å². The van der Waals surface area contributed by atoms with Gasteiger partial charge in [-0.05, 0) is 49.4 Å². The van der Waals surface area contributed by atoms with E-state index in [9.17, 15) is 13.2 Å².